The van der Waals surface area contributed by atoms with Gasteiger partial charge in [-0.1, -0.05) is 63.1 Å². The fraction of sp³-hybridized carbons (Fsp3) is 0.391. The number of carboxylic acids is 2. The van der Waals surface area contributed by atoms with E-state index < -0.39 is 23.8 Å². The molecule has 0 heterocycles. The molecule has 0 aromatic heterocycles. The van der Waals surface area contributed by atoms with E-state index in [0.717, 1.165) is 35.1 Å². The van der Waals surface area contributed by atoms with Crippen LogP contribution in [0.2, 0.25) is 0 Å². The van der Waals surface area contributed by atoms with Gasteiger partial charge in [0.15, 0.2) is 0 Å². The van der Waals surface area contributed by atoms with Crippen molar-refractivity contribution in [2.75, 3.05) is 0 Å². The molecule has 2 unspecified atom stereocenters. The summed E-state index contributed by atoms with van der Waals surface area (Å²) in [5.74, 6) is -3.09. The highest BCUT2D eigenvalue weighted by Gasteiger charge is 2.33. The number of fused-ring (bicyclic) bond motifs is 3. The zero-order valence-electron chi connectivity index (χ0n) is 15.9. The van der Waals surface area contributed by atoms with E-state index in [-0.39, 0.29) is 0 Å². The molecule has 0 radical (unpaired) electrons. The molecular weight excluding hydrogens is 340 g/mol. The molecule has 0 spiro atoms. The van der Waals surface area contributed by atoms with Gasteiger partial charge in [-0.05, 0) is 52.6 Å². The first kappa shape index (κ1) is 19.2. The monoisotopic (exact) mass is 366 g/mol. The number of hydrogen-bond acceptors (Lipinski definition) is 2. The second kappa shape index (κ2) is 7.95. The van der Waals surface area contributed by atoms with Crippen molar-refractivity contribution in [1.29, 1.82) is 0 Å². The molecule has 2 N–H and O–H groups in total. The van der Waals surface area contributed by atoms with E-state index in [1.165, 1.54) is 5.56 Å². The maximum absolute atomic E-state index is 12.1. The van der Waals surface area contributed by atoms with Crippen molar-refractivity contribution in [2.45, 2.75) is 57.8 Å². The number of benzene rings is 2. The van der Waals surface area contributed by atoms with Crippen LogP contribution >= 0.6 is 0 Å². The van der Waals surface area contributed by atoms with Crippen molar-refractivity contribution in [3.05, 3.63) is 58.7 Å². The van der Waals surface area contributed by atoms with Crippen LogP contribution in [0.1, 0.15) is 73.6 Å². The van der Waals surface area contributed by atoms with Gasteiger partial charge in [-0.25, -0.2) is 0 Å². The topological polar surface area (TPSA) is 74.6 Å². The first-order valence-corrected chi connectivity index (χ1v) is 9.69. The lowest BCUT2D eigenvalue weighted by Gasteiger charge is -2.24. The van der Waals surface area contributed by atoms with E-state index in [1.54, 1.807) is 0 Å². The van der Waals surface area contributed by atoms with E-state index in [2.05, 4.69) is 12.1 Å². The van der Waals surface area contributed by atoms with Gasteiger partial charge in [-0.2, -0.15) is 0 Å². The molecule has 0 fully saturated rings. The van der Waals surface area contributed by atoms with Crippen LogP contribution < -0.4 is 0 Å². The summed E-state index contributed by atoms with van der Waals surface area (Å²) in [6.45, 7) is 3.92. The third-order valence-corrected chi connectivity index (χ3v) is 5.54. The van der Waals surface area contributed by atoms with Crippen LogP contribution in [0.4, 0.5) is 0 Å². The number of aliphatic carboxylic acids is 2. The molecule has 4 heteroatoms. The number of carbonyl (C=O) groups is 2. The molecule has 2 aromatic rings. The molecule has 2 aromatic carbocycles. The Morgan fingerprint density at radius 2 is 1.52 bits per heavy atom. The molecule has 0 saturated heterocycles. The average Bonchev–Trinajstić information content (AvgIpc) is 3.02. The lowest BCUT2D eigenvalue weighted by atomic mass is 9.79. The van der Waals surface area contributed by atoms with Crippen molar-refractivity contribution in [3.63, 3.8) is 0 Å². The van der Waals surface area contributed by atoms with Gasteiger partial charge in [0, 0.05) is 0 Å². The Bertz CT molecular complexity index is 869. The quantitative estimate of drug-likeness (QED) is 0.575. The van der Waals surface area contributed by atoms with Crippen molar-refractivity contribution < 1.29 is 19.8 Å². The van der Waals surface area contributed by atoms with E-state index in [4.69, 9.17) is 0 Å². The van der Waals surface area contributed by atoms with Crippen LogP contribution in [0.5, 0.6) is 0 Å². The molecule has 0 bridgehead atoms. The minimum absolute atomic E-state index is 0.506. The van der Waals surface area contributed by atoms with Crippen LogP contribution in [-0.2, 0) is 16.0 Å². The average molecular weight is 366 g/mol. The molecular formula is C23H26O4. The van der Waals surface area contributed by atoms with Gasteiger partial charge in [-0.3, -0.25) is 9.59 Å². The Labute approximate surface area is 159 Å². The second-order valence-electron chi connectivity index (χ2n) is 7.29. The van der Waals surface area contributed by atoms with Crippen LogP contribution in [0.25, 0.3) is 11.1 Å². The lowest BCUT2D eigenvalue weighted by Crippen LogP contribution is -2.20. The third kappa shape index (κ3) is 3.48. The minimum atomic E-state index is -0.880. The molecule has 27 heavy (non-hydrogen) atoms. The molecule has 142 valence electrons. The van der Waals surface area contributed by atoms with Gasteiger partial charge in [-0.15, -0.1) is 0 Å². The van der Waals surface area contributed by atoms with Crippen molar-refractivity contribution in [1.82, 2.24) is 0 Å². The Balaban J connectivity index is 2.25. The fourth-order valence-electron chi connectivity index (χ4n) is 4.35. The Morgan fingerprint density at radius 1 is 0.889 bits per heavy atom. The zero-order chi connectivity index (χ0) is 19.6. The first-order valence-electron chi connectivity index (χ1n) is 9.69. The molecule has 2 atom stereocenters. The summed E-state index contributed by atoms with van der Waals surface area (Å²) in [4.78, 5) is 24.1. The van der Waals surface area contributed by atoms with Gasteiger partial charge < -0.3 is 10.2 Å². The van der Waals surface area contributed by atoms with Gasteiger partial charge in [0.05, 0.1) is 11.8 Å². The summed E-state index contributed by atoms with van der Waals surface area (Å²) < 4.78 is 0. The number of rotatable bonds is 8. The Morgan fingerprint density at radius 3 is 2.15 bits per heavy atom. The summed E-state index contributed by atoms with van der Waals surface area (Å²) in [5, 5.41) is 19.7. The normalized spacial score (nSPS) is 14.3. The van der Waals surface area contributed by atoms with E-state index in [1.807, 2.05) is 38.1 Å². The molecule has 4 nitrogen and oxygen atoms in total. The van der Waals surface area contributed by atoms with Gasteiger partial charge in [0.2, 0.25) is 0 Å². The maximum atomic E-state index is 12.1. The maximum Gasteiger partial charge on any atom is 0.310 e. The number of hydrogen-bond donors (Lipinski definition) is 2. The van der Waals surface area contributed by atoms with Crippen LogP contribution in [-0.4, -0.2) is 22.2 Å². The van der Waals surface area contributed by atoms with Gasteiger partial charge >= 0.3 is 11.9 Å². The summed E-state index contributed by atoms with van der Waals surface area (Å²) in [5.41, 5.74) is 5.76. The largest absolute Gasteiger partial charge is 0.481 e. The van der Waals surface area contributed by atoms with E-state index >= 15 is 0 Å². The van der Waals surface area contributed by atoms with E-state index in [9.17, 15) is 19.8 Å². The second-order valence-corrected chi connectivity index (χ2v) is 7.29. The molecule has 1 aliphatic carbocycles. The summed E-state index contributed by atoms with van der Waals surface area (Å²) >= 11 is 0. The predicted octanol–water partition coefficient (Wildman–Crippen LogP) is 5.19. The molecule has 0 amide bonds. The number of carboxylic acid groups (broad SMARTS) is 2. The summed E-state index contributed by atoms with van der Waals surface area (Å²) in [7, 11) is 0. The summed E-state index contributed by atoms with van der Waals surface area (Å²) in [6, 6.07) is 11.9. The highest BCUT2D eigenvalue weighted by atomic mass is 16.4. The van der Waals surface area contributed by atoms with Crippen molar-refractivity contribution in [3.8, 4) is 11.1 Å². The lowest BCUT2D eigenvalue weighted by molar-refractivity contribution is -0.140. The minimum Gasteiger partial charge on any atom is -0.481 e. The Hall–Kier alpha value is -2.62. The smallest absolute Gasteiger partial charge is 0.310 e. The van der Waals surface area contributed by atoms with Crippen LogP contribution in [0.15, 0.2) is 36.4 Å². The first-order chi connectivity index (χ1) is 13.0. The summed E-state index contributed by atoms with van der Waals surface area (Å²) in [6.07, 6.45) is 3.15. The van der Waals surface area contributed by atoms with Crippen molar-refractivity contribution in [2.24, 2.45) is 0 Å². The van der Waals surface area contributed by atoms with E-state index in [0.29, 0.717) is 24.8 Å². The van der Waals surface area contributed by atoms with Gasteiger partial charge in [0.1, 0.15) is 0 Å². The molecule has 0 aliphatic heterocycles. The molecule has 1 aliphatic rings. The highest BCUT2D eigenvalue weighted by Crippen LogP contribution is 2.44. The van der Waals surface area contributed by atoms with Crippen molar-refractivity contribution >= 4 is 11.9 Å². The third-order valence-electron chi connectivity index (χ3n) is 5.54. The zero-order valence-corrected chi connectivity index (χ0v) is 15.9. The fourth-order valence-corrected chi connectivity index (χ4v) is 4.35. The standard InChI is InChI=1S/C23H26O4/c1-3-7-18(22(24)25)17-12-11-16-15-10-6-5-9-14(15)13-20(16)21(17)19(8-4-2)23(26)27/h5-6,9-12,18-19H,3-4,7-8,13H2,1-2H3,(H,24,25)(H,26,27). The molecule has 0 saturated carbocycles. The van der Waals surface area contributed by atoms with Crippen LogP contribution in [0.3, 0.4) is 0 Å². The molecule has 3 rings (SSSR count). The SMILES string of the molecule is CCCC(C(=O)O)c1ccc2c(c1C(CCC)C(=O)O)Cc1ccccc1-2. The Kier molecular flexibility index (Phi) is 5.64. The highest BCUT2D eigenvalue weighted by molar-refractivity contribution is 5.86. The van der Waals surface area contributed by atoms with Gasteiger partial charge in [0.25, 0.3) is 0 Å². The van der Waals surface area contributed by atoms with Crippen LogP contribution in [0, 0.1) is 0 Å². The predicted molar refractivity (Wildman–Crippen MR) is 105 cm³/mol.